The fourth-order valence-electron chi connectivity index (χ4n) is 4.00. The van der Waals surface area contributed by atoms with Crippen LogP contribution in [0.2, 0.25) is 0 Å². The number of nitrogens with one attached hydrogen (secondary N) is 2. The van der Waals surface area contributed by atoms with Gasteiger partial charge in [0, 0.05) is 19.0 Å². The van der Waals surface area contributed by atoms with Gasteiger partial charge in [0.25, 0.3) is 0 Å². The number of hydrogen-bond acceptors (Lipinski definition) is 6. The zero-order valence-corrected chi connectivity index (χ0v) is 20.0. The zero-order chi connectivity index (χ0) is 24.7. The van der Waals surface area contributed by atoms with Crippen LogP contribution in [-0.2, 0) is 29.1 Å². The van der Waals surface area contributed by atoms with Crippen LogP contribution in [0.15, 0.2) is 60.7 Å². The standard InChI is InChI=1S/C24H29N3O6S/c1-33-20(28)13-15-25-23(29)19-14-16-27(19)24(30)22(26-34(2,31)32)21(17-9-5-3-6-10-17)18-11-7-4-8-12-18/h3-12,19,21-22,26H,13-16H2,1-2H3,(H,25,29)/t19-,22+/m0/s1. The van der Waals surface area contributed by atoms with E-state index in [0.717, 1.165) is 17.4 Å². The fraction of sp³-hybridized carbons (Fsp3) is 0.375. The molecule has 0 radical (unpaired) electrons. The molecule has 0 aromatic heterocycles. The summed E-state index contributed by atoms with van der Waals surface area (Å²) in [5.41, 5.74) is 1.53. The number of likely N-dealkylation sites (tertiary alicyclic amines) is 1. The maximum Gasteiger partial charge on any atom is 0.307 e. The molecule has 0 saturated carbocycles. The molecule has 1 aliphatic rings. The molecule has 10 heteroatoms. The predicted molar refractivity (Wildman–Crippen MR) is 126 cm³/mol. The maximum absolute atomic E-state index is 13.7. The highest BCUT2D eigenvalue weighted by Gasteiger charge is 2.43. The summed E-state index contributed by atoms with van der Waals surface area (Å²) in [7, 11) is -2.50. The molecule has 1 fully saturated rings. The quantitative estimate of drug-likeness (QED) is 0.483. The van der Waals surface area contributed by atoms with Gasteiger partial charge in [0.15, 0.2) is 0 Å². The van der Waals surface area contributed by atoms with Crippen molar-refractivity contribution in [2.24, 2.45) is 0 Å². The van der Waals surface area contributed by atoms with Crippen LogP contribution in [0.3, 0.4) is 0 Å². The van der Waals surface area contributed by atoms with E-state index in [4.69, 9.17) is 0 Å². The van der Waals surface area contributed by atoms with Gasteiger partial charge in [-0.2, -0.15) is 0 Å². The first kappa shape index (κ1) is 25.4. The van der Waals surface area contributed by atoms with E-state index in [0.29, 0.717) is 13.0 Å². The summed E-state index contributed by atoms with van der Waals surface area (Å²) in [4.78, 5) is 39.0. The highest BCUT2D eigenvalue weighted by Crippen LogP contribution is 2.31. The Kier molecular flexibility index (Phi) is 8.41. The molecule has 1 heterocycles. The molecule has 1 saturated heterocycles. The number of methoxy groups -OCH3 is 1. The summed E-state index contributed by atoms with van der Waals surface area (Å²) in [6.45, 7) is 0.415. The van der Waals surface area contributed by atoms with Crippen LogP contribution in [-0.4, -0.2) is 69.6 Å². The molecule has 0 spiro atoms. The number of esters is 1. The molecular weight excluding hydrogens is 458 g/mol. The lowest BCUT2D eigenvalue weighted by atomic mass is 9.84. The van der Waals surface area contributed by atoms with Gasteiger partial charge in [0.2, 0.25) is 21.8 Å². The Bertz CT molecular complexity index is 1070. The van der Waals surface area contributed by atoms with Crippen molar-refractivity contribution in [3.8, 4) is 0 Å². The van der Waals surface area contributed by atoms with Crippen LogP contribution in [0.25, 0.3) is 0 Å². The Morgan fingerprint density at radius 1 is 1.03 bits per heavy atom. The largest absolute Gasteiger partial charge is 0.469 e. The van der Waals surface area contributed by atoms with Gasteiger partial charge in [-0.25, -0.2) is 13.1 Å². The number of hydrogen-bond donors (Lipinski definition) is 2. The molecule has 182 valence electrons. The minimum atomic E-state index is -3.76. The van der Waals surface area contributed by atoms with Gasteiger partial charge < -0.3 is 15.0 Å². The van der Waals surface area contributed by atoms with Crippen molar-refractivity contribution in [1.82, 2.24) is 14.9 Å². The monoisotopic (exact) mass is 487 g/mol. The molecule has 2 aromatic carbocycles. The molecule has 2 aromatic rings. The van der Waals surface area contributed by atoms with Gasteiger partial charge >= 0.3 is 5.97 Å². The molecule has 0 aliphatic carbocycles. The first-order chi connectivity index (χ1) is 16.2. The number of carbonyl (C=O) groups is 3. The Morgan fingerprint density at radius 3 is 2.03 bits per heavy atom. The summed E-state index contributed by atoms with van der Waals surface area (Å²) in [6.07, 6.45) is 1.47. The lowest BCUT2D eigenvalue weighted by Crippen LogP contribution is -2.63. The van der Waals surface area contributed by atoms with Crippen molar-refractivity contribution in [3.05, 3.63) is 71.8 Å². The average molecular weight is 488 g/mol. The molecule has 34 heavy (non-hydrogen) atoms. The summed E-state index contributed by atoms with van der Waals surface area (Å²) >= 11 is 0. The lowest BCUT2D eigenvalue weighted by molar-refractivity contribution is -0.149. The third kappa shape index (κ3) is 6.42. The molecule has 2 atom stereocenters. The second kappa shape index (κ2) is 11.3. The highest BCUT2D eigenvalue weighted by atomic mass is 32.2. The van der Waals surface area contributed by atoms with Crippen LogP contribution in [0, 0.1) is 0 Å². The van der Waals surface area contributed by atoms with Crippen molar-refractivity contribution >= 4 is 27.8 Å². The molecule has 0 unspecified atom stereocenters. The molecule has 2 amide bonds. The molecule has 1 aliphatic heterocycles. The zero-order valence-electron chi connectivity index (χ0n) is 19.1. The predicted octanol–water partition coefficient (Wildman–Crippen LogP) is 1.02. The van der Waals surface area contributed by atoms with Crippen LogP contribution in [0.1, 0.15) is 29.9 Å². The van der Waals surface area contributed by atoms with Crippen LogP contribution in [0.5, 0.6) is 0 Å². The van der Waals surface area contributed by atoms with E-state index in [1.807, 2.05) is 60.7 Å². The number of amides is 2. The van der Waals surface area contributed by atoms with Gasteiger partial charge in [0.1, 0.15) is 12.1 Å². The van der Waals surface area contributed by atoms with E-state index in [1.54, 1.807) is 0 Å². The second-order valence-electron chi connectivity index (χ2n) is 8.12. The number of benzene rings is 2. The number of nitrogens with zero attached hydrogens (tertiary/aromatic N) is 1. The van der Waals surface area contributed by atoms with E-state index < -0.39 is 45.8 Å². The molecule has 9 nitrogen and oxygen atoms in total. The number of rotatable bonds is 10. The van der Waals surface area contributed by atoms with Crippen molar-refractivity contribution < 1.29 is 27.5 Å². The lowest BCUT2D eigenvalue weighted by Gasteiger charge is -2.43. The maximum atomic E-state index is 13.7. The van der Waals surface area contributed by atoms with Gasteiger partial charge in [-0.15, -0.1) is 0 Å². The van der Waals surface area contributed by atoms with Crippen molar-refractivity contribution in [1.29, 1.82) is 0 Å². The molecule has 3 rings (SSSR count). The Morgan fingerprint density at radius 2 is 1.59 bits per heavy atom. The van der Waals surface area contributed by atoms with E-state index in [2.05, 4.69) is 14.8 Å². The van der Waals surface area contributed by atoms with Gasteiger partial charge in [-0.3, -0.25) is 14.4 Å². The van der Waals surface area contributed by atoms with Crippen LogP contribution >= 0.6 is 0 Å². The van der Waals surface area contributed by atoms with E-state index in [-0.39, 0.29) is 13.0 Å². The summed E-state index contributed by atoms with van der Waals surface area (Å²) in [6, 6.07) is 16.5. The van der Waals surface area contributed by atoms with E-state index in [1.165, 1.54) is 12.0 Å². The minimum Gasteiger partial charge on any atom is -0.469 e. The molecule has 0 bridgehead atoms. The highest BCUT2D eigenvalue weighted by molar-refractivity contribution is 7.88. The number of sulfonamides is 1. The van der Waals surface area contributed by atoms with Crippen LogP contribution < -0.4 is 10.0 Å². The third-order valence-electron chi connectivity index (χ3n) is 5.72. The van der Waals surface area contributed by atoms with Crippen LogP contribution in [0.4, 0.5) is 0 Å². The van der Waals surface area contributed by atoms with E-state index in [9.17, 15) is 22.8 Å². The topological polar surface area (TPSA) is 122 Å². The van der Waals surface area contributed by atoms with Crippen molar-refractivity contribution in [2.75, 3.05) is 26.5 Å². The number of ether oxygens (including phenoxy) is 1. The van der Waals surface area contributed by atoms with E-state index >= 15 is 0 Å². The number of carbonyl (C=O) groups excluding carboxylic acids is 3. The Balaban J connectivity index is 1.88. The molecular formula is C24H29N3O6S. The summed E-state index contributed by atoms with van der Waals surface area (Å²) in [5, 5.41) is 2.64. The smallest absolute Gasteiger partial charge is 0.307 e. The summed E-state index contributed by atoms with van der Waals surface area (Å²) in [5.74, 6) is -1.93. The first-order valence-corrected chi connectivity index (χ1v) is 12.8. The average Bonchev–Trinajstić information content (AvgIpc) is 2.78. The first-order valence-electron chi connectivity index (χ1n) is 10.9. The van der Waals surface area contributed by atoms with Gasteiger partial charge in [-0.05, 0) is 17.5 Å². The second-order valence-corrected chi connectivity index (χ2v) is 9.90. The van der Waals surface area contributed by atoms with Crippen molar-refractivity contribution in [2.45, 2.75) is 30.8 Å². The normalized spacial score (nSPS) is 16.4. The summed E-state index contributed by atoms with van der Waals surface area (Å²) < 4.78 is 31.6. The van der Waals surface area contributed by atoms with Crippen molar-refractivity contribution in [3.63, 3.8) is 0 Å². The molecule has 2 N–H and O–H groups in total. The Hall–Kier alpha value is -3.24. The van der Waals surface area contributed by atoms with Gasteiger partial charge in [-0.1, -0.05) is 60.7 Å². The third-order valence-corrected chi connectivity index (χ3v) is 6.40. The SMILES string of the molecule is COC(=O)CCNC(=O)[C@@H]1CCN1C(=O)[C@H](NS(C)(=O)=O)C(c1ccccc1)c1ccccc1. The Labute approximate surface area is 199 Å². The fourth-order valence-corrected chi connectivity index (χ4v) is 4.70. The van der Waals surface area contributed by atoms with Gasteiger partial charge in [0.05, 0.1) is 19.8 Å². The minimum absolute atomic E-state index is 0.0191.